The van der Waals surface area contributed by atoms with Crippen LogP contribution < -0.4 is 10.6 Å². The van der Waals surface area contributed by atoms with Crippen molar-refractivity contribution in [3.8, 4) is 0 Å². The molecule has 1 fully saturated rings. The number of nitrogens with zero attached hydrogens (tertiary/aromatic N) is 2. The zero-order chi connectivity index (χ0) is 15.5. The lowest BCUT2D eigenvalue weighted by Crippen LogP contribution is -2.42. The van der Waals surface area contributed by atoms with Crippen LogP contribution in [0.1, 0.15) is 55.6 Å². The van der Waals surface area contributed by atoms with Gasteiger partial charge in [0.1, 0.15) is 11.6 Å². The van der Waals surface area contributed by atoms with E-state index in [1.54, 1.807) is 7.05 Å². The fourth-order valence-electron chi connectivity index (χ4n) is 3.82. The Morgan fingerprint density at radius 2 is 1.86 bits per heavy atom. The Labute approximate surface area is 132 Å². The topological polar surface area (TPSA) is 66.9 Å². The molecular formula is C17H26N4O. The number of aryl methyl sites for hydroxylation is 2. The highest BCUT2D eigenvalue weighted by atomic mass is 16.1. The minimum atomic E-state index is 0.0493. The van der Waals surface area contributed by atoms with Gasteiger partial charge in [-0.3, -0.25) is 4.79 Å². The van der Waals surface area contributed by atoms with E-state index in [1.165, 1.54) is 30.5 Å². The highest BCUT2D eigenvalue weighted by molar-refractivity contribution is 5.79. The van der Waals surface area contributed by atoms with E-state index in [0.29, 0.717) is 0 Å². The summed E-state index contributed by atoms with van der Waals surface area (Å²) < 4.78 is 0. The predicted molar refractivity (Wildman–Crippen MR) is 86.8 cm³/mol. The van der Waals surface area contributed by atoms with E-state index in [0.717, 1.165) is 43.7 Å². The van der Waals surface area contributed by atoms with Crippen LogP contribution in [-0.2, 0) is 17.6 Å². The zero-order valence-corrected chi connectivity index (χ0v) is 13.6. The lowest BCUT2D eigenvalue weighted by Gasteiger charge is -2.32. The zero-order valence-electron chi connectivity index (χ0n) is 13.6. The lowest BCUT2D eigenvalue weighted by atomic mass is 9.83. The monoisotopic (exact) mass is 302 g/mol. The van der Waals surface area contributed by atoms with Gasteiger partial charge in [0.2, 0.25) is 5.91 Å². The average molecular weight is 302 g/mol. The van der Waals surface area contributed by atoms with Gasteiger partial charge >= 0.3 is 0 Å². The Morgan fingerprint density at radius 1 is 1.09 bits per heavy atom. The molecule has 0 saturated heterocycles. The van der Waals surface area contributed by atoms with Gasteiger partial charge in [-0.05, 0) is 45.4 Å². The van der Waals surface area contributed by atoms with E-state index < -0.39 is 0 Å². The van der Waals surface area contributed by atoms with Gasteiger partial charge in [0.25, 0.3) is 0 Å². The molecule has 5 nitrogen and oxygen atoms in total. The first-order valence-electron chi connectivity index (χ1n) is 8.53. The minimum Gasteiger partial charge on any atom is -0.366 e. The van der Waals surface area contributed by atoms with E-state index in [9.17, 15) is 4.79 Å². The summed E-state index contributed by atoms with van der Waals surface area (Å²) in [5.41, 5.74) is 2.48. The summed E-state index contributed by atoms with van der Waals surface area (Å²) in [6.07, 6.45) is 8.84. The highest BCUT2D eigenvalue weighted by Gasteiger charge is 2.31. The predicted octanol–water partition coefficient (Wildman–Crippen LogP) is 2.38. The molecule has 3 rings (SSSR count). The standard InChI is InChI=1S/C17H26N4O/c1-11-19-14-9-5-3-7-12(14)16(20-11)21-15-10-6-4-8-13(15)17(22)18-2/h13,15H,3-10H2,1-2H3,(H,18,22)(H,19,20,21). The first-order chi connectivity index (χ1) is 10.7. The maximum Gasteiger partial charge on any atom is 0.224 e. The largest absolute Gasteiger partial charge is 0.366 e. The first-order valence-corrected chi connectivity index (χ1v) is 8.53. The molecule has 2 N–H and O–H groups in total. The summed E-state index contributed by atoms with van der Waals surface area (Å²) in [5, 5.41) is 6.42. The molecule has 2 aliphatic carbocycles. The van der Waals surface area contributed by atoms with Gasteiger partial charge in [-0.2, -0.15) is 0 Å². The fourth-order valence-corrected chi connectivity index (χ4v) is 3.82. The molecule has 0 bridgehead atoms. The van der Waals surface area contributed by atoms with Crippen molar-refractivity contribution in [3.05, 3.63) is 17.1 Å². The first kappa shape index (κ1) is 15.3. The number of aromatic nitrogens is 2. The Bertz CT molecular complexity index is 558. The van der Waals surface area contributed by atoms with Crippen LogP contribution in [0.2, 0.25) is 0 Å². The number of anilines is 1. The van der Waals surface area contributed by atoms with Crippen LogP contribution in [0, 0.1) is 12.8 Å². The molecule has 1 aromatic rings. The van der Waals surface area contributed by atoms with E-state index in [1.807, 2.05) is 6.92 Å². The van der Waals surface area contributed by atoms with Crippen molar-refractivity contribution in [1.29, 1.82) is 0 Å². The molecule has 0 spiro atoms. The maximum atomic E-state index is 12.1. The van der Waals surface area contributed by atoms with E-state index >= 15 is 0 Å². The summed E-state index contributed by atoms with van der Waals surface area (Å²) in [5.74, 6) is 2.00. The Balaban J connectivity index is 1.85. The summed E-state index contributed by atoms with van der Waals surface area (Å²) in [6, 6.07) is 0.189. The third-order valence-electron chi connectivity index (χ3n) is 4.97. The molecule has 5 heteroatoms. The molecular weight excluding hydrogens is 276 g/mol. The number of carbonyl (C=O) groups is 1. The van der Waals surface area contributed by atoms with Gasteiger partial charge in [-0.15, -0.1) is 0 Å². The van der Waals surface area contributed by atoms with Crippen LogP contribution in [0.5, 0.6) is 0 Å². The van der Waals surface area contributed by atoms with E-state index in [4.69, 9.17) is 0 Å². The smallest absolute Gasteiger partial charge is 0.224 e. The summed E-state index contributed by atoms with van der Waals surface area (Å²) >= 11 is 0. The van der Waals surface area contributed by atoms with Gasteiger partial charge in [-0.25, -0.2) is 9.97 Å². The van der Waals surface area contributed by atoms with Crippen molar-refractivity contribution in [2.45, 2.75) is 64.3 Å². The van der Waals surface area contributed by atoms with Crippen LogP contribution in [0.4, 0.5) is 5.82 Å². The lowest BCUT2D eigenvalue weighted by molar-refractivity contribution is -0.125. The Hall–Kier alpha value is -1.65. The molecule has 0 aliphatic heterocycles. The minimum absolute atomic E-state index is 0.0493. The molecule has 2 aliphatic rings. The normalized spacial score (nSPS) is 24.5. The quantitative estimate of drug-likeness (QED) is 0.899. The molecule has 120 valence electrons. The summed E-state index contributed by atoms with van der Waals surface area (Å²) in [6.45, 7) is 1.96. The second kappa shape index (κ2) is 6.63. The van der Waals surface area contributed by atoms with Gasteiger partial charge in [-0.1, -0.05) is 12.8 Å². The molecule has 1 aromatic heterocycles. The van der Waals surface area contributed by atoms with Crippen molar-refractivity contribution >= 4 is 11.7 Å². The van der Waals surface area contributed by atoms with Crippen LogP contribution in [0.25, 0.3) is 0 Å². The molecule has 22 heavy (non-hydrogen) atoms. The molecule has 0 aromatic carbocycles. The SMILES string of the molecule is CNC(=O)C1CCCCC1Nc1nc(C)nc2c1CCCC2. The van der Waals surface area contributed by atoms with Crippen LogP contribution >= 0.6 is 0 Å². The van der Waals surface area contributed by atoms with Crippen molar-refractivity contribution in [2.24, 2.45) is 5.92 Å². The van der Waals surface area contributed by atoms with Crippen molar-refractivity contribution in [1.82, 2.24) is 15.3 Å². The maximum absolute atomic E-state index is 12.1. The van der Waals surface area contributed by atoms with Gasteiger partial charge < -0.3 is 10.6 Å². The number of amides is 1. The van der Waals surface area contributed by atoms with Crippen LogP contribution in [0.3, 0.4) is 0 Å². The van der Waals surface area contributed by atoms with E-state index in [2.05, 4.69) is 20.6 Å². The van der Waals surface area contributed by atoms with Gasteiger partial charge in [0, 0.05) is 24.3 Å². The highest BCUT2D eigenvalue weighted by Crippen LogP contribution is 2.31. The van der Waals surface area contributed by atoms with Gasteiger partial charge in [0.05, 0.1) is 5.92 Å². The number of hydrogen-bond donors (Lipinski definition) is 2. The number of nitrogens with one attached hydrogen (secondary N) is 2. The fraction of sp³-hybridized carbons (Fsp3) is 0.706. The second-order valence-electron chi connectivity index (χ2n) is 6.51. The van der Waals surface area contributed by atoms with Crippen molar-refractivity contribution < 1.29 is 4.79 Å². The van der Waals surface area contributed by atoms with Crippen LogP contribution in [-0.4, -0.2) is 29.0 Å². The number of rotatable bonds is 3. The molecule has 1 saturated carbocycles. The Kier molecular flexibility index (Phi) is 4.60. The molecule has 1 amide bonds. The third kappa shape index (κ3) is 3.08. The molecule has 2 unspecified atom stereocenters. The summed E-state index contributed by atoms with van der Waals surface area (Å²) in [7, 11) is 1.73. The van der Waals surface area contributed by atoms with Crippen LogP contribution in [0.15, 0.2) is 0 Å². The molecule has 0 radical (unpaired) electrons. The number of carbonyl (C=O) groups excluding carboxylic acids is 1. The third-order valence-corrected chi connectivity index (χ3v) is 4.97. The average Bonchev–Trinajstić information content (AvgIpc) is 2.54. The molecule has 1 heterocycles. The molecule has 2 atom stereocenters. The second-order valence-corrected chi connectivity index (χ2v) is 6.51. The number of fused-ring (bicyclic) bond motifs is 1. The summed E-state index contributed by atoms with van der Waals surface area (Å²) in [4.78, 5) is 21.4. The van der Waals surface area contributed by atoms with Gasteiger partial charge in [0.15, 0.2) is 0 Å². The number of hydrogen-bond acceptors (Lipinski definition) is 4. The van der Waals surface area contributed by atoms with Crippen molar-refractivity contribution in [3.63, 3.8) is 0 Å². The Morgan fingerprint density at radius 3 is 2.68 bits per heavy atom. The van der Waals surface area contributed by atoms with E-state index in [-0.39, 0.29) is 17.9 Å². The van der Waals surface area contributed by atoms with Crippen molar-refractivity contribution in [2.75, 3.05) is 12.4 Å².